The fourth-order valence-electron chi connectivity index (χ4n) is 8.59. The van der Waals surface area contributed by atoms with Gasteiger partial charge in [-0.25, -0.2) is 0 Å². The number of halogens is 1. The number of fused-ring (bicyclic) bond motifs is 5. The minimum absolute atomic E-state index is 0.00912. The van der Waals surface area contributed by atoms with Crippen molar-refractivity contribution in [3.05, 3.63) is 46.5 Å². The normalized spacial score (nSPS) is 38.7. The van der Waals surface area contributed by atoms with E-state index in [2.05, 4.69) is 26.0 Å². The molecule has 1 aromatic rings. The molecule has 7 atom stereocenters. The van der Waals surface area contributed by atoms with Crippen LogP contribution in [0.15, 0.2) is 35.9 Å². The number of ketones is 1. The van der Waals surface area contributed by atoms with Gasteiger partial charge < -0.3 is 4.74 Å². The summed E-state index contributed by atoms with van der Waals surface area (Å²) in [5.41, 5.74) is 2.26. The van der Waals surface area contributed by atoms with Gasteiger partial charge in [-0.15, -0.1) is 0 Å². The largest absolute Gasteiger partial charge is 0.460 e. The van der Waals surface area contributed by atoms with Crippen LogP contribution in [0.5, 0.6) is 0 Å². The standard InChI is InChI=1S/C31H41ClO3/c1-29(2,3)35-28(34)26-13-12-24-23-11-8-21-17-27(33)20(16-19-6-9-22(32)10-7-19)18-31(21,5)25(23)14-15-30(24,26)4/h6-7,9-10,17,20,23-26H,8,11-16,18H2,1-5H3/t20-,23+,24+,25+,26-,30+,31+/m1/s1. The van der Waals surface area contributed by atoms with Crippen molar-refractivity contribution in [2.24, 2.45) is 40.4 Å². The second-order valence-electron chi connectivity index (χ2n) is 13.3. The molecule has 4 aliphatic rings. The molecule has 0 aliphatic heterocycles. The predicted molar refractivity (Wildman–Crippen MR) is 140 cm³/mol. The molecule has 35 heavy (non-hydrogen) atoms. The Morgan fingerprint density at radius 3 is 2.46 bits per heavy atom. The maximum absolute atomic E-state index is 13.2. The van der Waals surface area contributed by atoms with E-state index in [1.807, 2.05) is 39.0 Å². The monoisotopic (exact) mass is 496 g/mol. The van der Waals surface area contributed by atoms with E-state index < -0.39 is 5.60 Å². The molecule has 190 valence electrons. The van der Waals surface area contributed by atoms with Crippen LogP contribution in [0.3, 0.4) is 0 Å². The molecule has 4 heteroatoms. The molecule has 0 spiro atoms. The Morgan fingerprint density at radius 1 is 1.06 bits per heavy atom. The van der Waals surface area contributed by atoms with Crippen LogP contribution in [0.4, 0.5) is 0 Å². The molecule has 3 fully saturated rings. The van der Waals surface area contributed by atoms with Crippen LogP contribution in [0.1, 0.15) is 85.1 Å². The van der Waals surface area contributed by atoms with Crippen molar-refractivity contribution in [3.63, 3.8) is 0 Å². The zero-order valence-electron chi connectivity index (χ0n) is 22.0. The van der Waals surface area contributed by atoms with Crippen molar-refractivity contribution >= 4 is 23.4 Å². The molecular formula is C31H41ClO3. The third-order valence-electron chi connectivity index (χ3n) is 10.2. The van der Waals surface area contributed by atoms with Crippen molar-refractivity contribution in [3.8, 4) is 0 Å². The van der Waals surface area contributed by atoms with Crippen LogP contribution in [0, 0.1) is 40.4 Å². The number of carbonyl (C=O) groups excluding carboxylic acids is 2. The Bertz CT molecular complexity index is 1030. The van der Waals surface area contributed by atoms with Gasteiger partial charge in [0.25, 0.3) is 0 Å². The van der Waals surface area contributed by atoms with Gasteiger partial charge in [-0.1, -0.05) is 43.2 Å². The zero-order chi connectivity index (χ0) is 25.2. The fraction of sp³-hybridized carbons (Fsp3) is 0.677. The van der Waals surface area contributed by atoms with Gasteiger partial charge in [0.05, 0.1) is 5.92 Å². The van der Waals surface area contributed by atoms with Crippen LogP contribution in [0.2, 0.25) is 5.02 Å². The average Bonchev–Trinajstić information content (AvgIpc) is 3.12. The van der Waals surface area contributed by atoms with E-state index in [0.717, 1.165) is 56.4 Å². The summed E-state index contributed by atoms with van der Waals surface area (Å²) in [5, 5.41) is 0.736. The molecule has 0 aromatic heterocycles. The summed E-state index contributed by atoms with van der Waals surface area (Å²) in [7, 11) is 0. The highest BCUT2D eigenvalue weighted by Gasteiger charge is 2.61. The maximum atomic E-state index is 13.2. The van der Waals surface area contributed by atoms with E-state index in [1.165, 1.54) is 11.1 Å². The SMILES string of the molecule is CC(C)(C)OC(=O)[C@H]1CC[C@H]2[C@@H]3CCC4=CC(=O)[C@H](Cc5ccc(Cl)cc5)C[C@]4(C)[C@H]3CC[C@]12C. The van der Waals surface area contributed by atoms with Gasteiger partial charge in [0, 0.05) is 10.9 Å². The summed E-state index contributed by atoms with van der Waals surface area (Å²) in [6.07, 6.45) is 10.2. The molecule has 0 heterocycles. The van der Waals surface area contributed by atoms with Gasteiger partial charge in [0.15, 0.2) is 5.78 Å². The van der Waals surface area contributed by atoms with Gasteiger partial charge in [-0.05, 0) is 124 Å². The molecule has 1 aromatic carbocycles. The Hall–Kier alpha value is -1.61. The molecule has 0 unspecified atom stereocenters. The van der Waals surface area contributed by atoms with Crippen LogP contribution >= 0.6 is 11.6 Å². The minimum atomic E-state index is -0.436. The van der Waals surface area contributed by atoms with Crippen LogP contribution in [-0.4, -0.2) is 17.4 Å². The van der Waals surface area contributed by atoms with Crippen LogP contribution in [0.25, 0.3) is 0 Å². The Kier molecular flexibility index (Phi) is 6.27. The Balaban J connectivity index is 1.37. The van der Waals surface area contributed by atoms with Gasteiger partial charge >= 0.3 is 5.97 Å². The first-order valence-corrected chi connectivity index (χ1v) is 14.0. The lowest BCUT2D eigenvalue weighted by molar-refractivity contribution is -0.167. The fourth-order valence-corrected chi connectivity index (χ4v) is 8.71. The van der Waals surface area contributed by atoms with Crippen molar-refractivity contribution < 1.29 is 14.3 Å². The smallest absolute Gasteiger partial charge is 0.310 e. The van der Waals surface area contributed by atoms with Crippen molar-refractivity contribution in [2.75, 3.05) is 0 Å². The Morgan fingerprint density at radius 2 is 1.77 bits per heavy atom. The van der Waals surface area contributed by atoms with E-state index >= 15 is 0 Å². The molecule has 3 saturated carbocycles. The lowest BCUT2D eigenvalue weighted by atomic mass is 9.46. The average molecular weight is 497 g/mol. The number of ether oxygens (including phenoxy) is 1. The molecule has 3 nitrogen and oxygen atoms in total. The zero-order valence-corrected chi connectivity index (χ0v) is 22.8. The van der Waals surface area contributed by atoms with E-state index in [9.17, 15) is 9.59 Å². The molecule has 4 aliphatic carbocycles. The summed E-state index contributed by atoms with van der Waals surface area (Å²) in [6, 6.07) is 7.96. The first-order chi connectivity index (χ1) is 16.4. The quantitative estimate of drug-likeness (QED) is 0.404. The summed E-state index contributed by atoms with van der Waals surface area (Å²) >= 11 is 6.08. The van der Waals surface area contributed by atoms with Crippen molar-refractivity contribution in [1.82, 2.24) is 0 Å². The van der Waals surface area contributed by atoms with E-state index in [0.29, 0.717) is 23.5 Å². The van der Waals surface area contributed by atoms with Crippen molar-refractivity contribution in [1.29, 1.82) is 0 Å². The highest BCUT2D eigenvalue weighted by Crippen LogP contribution is 2.67. The highest BCUT2D eigenvalue weighted by atomic mass is 35.5. The number of allylic oxidation sites excluding steroid dienone is 1. The predicted octanol–water partition coefficient (Wildman–Crippen LogP) is 7.60. The minimum Gasteiger partial charge on any atom is -0.460 e. The number of rotatable bonds is 3. The molecule has 0 bridgehead atoms. The van der Waals surface area contributed by atoms with Gasteiger partial charge in [0.1, 0.15) is 5.60 Å². The molecular weight excluding hydrogens is 456 g/mol. The number of hydrogen-bond donors (Lipinski definition) is 0. The molecule has 0 N–H and O–H groups in total. The lowest BCUT2D eigenvalue weighted by Gasteiger charge is -2.58. The topological polar surface area (TPSA) is 43.4 Å². The molecule has 5 rings (SSSR count). The first-order valence-electron chi connectivity index (χ1n) is 13.6. The summed E-state index contributed by atoms with van der Waals surface area (Å²) in [5.74, 6) is 2.17. The summed E-state index contributed by atoms with van der Waals surface area (Å²) < 4.78 is 5.87. The van der Waals surface area contributed by atoms with E-state index in [4.69, 9.17) is 16.3 Å². The second-order valence-corrected chi connectivity index (χ2v) is 13.8. The molecule has 0 radical (unpaired) electrons. The summed E-state index contributed by atoms with van der Waals surface area (Å²) in [4.78, 5) is 26.3. The third-order valence-corrected chi connectivity index (χ3v) is 10.5. The maximum Gasteiger partial charge on any atom is 0.310 e. The number of benzene rings is 1. The second kappa shape index (κ2) is 8.75. The van der Waals surface area contributed by atoms with Gasteiger partial charge in [-0.3, -0.25) is 9.59 Å². The number of carbonyl (C=O) groups is 2. The lowest BCUT2D eigenvalue weighted by Crippen LogP contribution is -2.52. The van der Waals surface area contributed by atoms with Crippen LogP contribution < -0.4 is 0 Å². The van der Waals surface area contributed by atoms with E-state index in [-0.39, 0.29) is 28.6 Å². The van der Waals surface area contributed by atoms with E-state index in [1.54, 1.807) is 0 Å². The van der Waals surface area contributed by atoms with Crippen molar-refractivity contribution in [2.45, 2.75) is 91.6 Å². The third kappa shape index (κ3) is 4.41. The van der Waals surface area contributed by atoms with Gasteiger partial charge in [-0.2, -0.15) is 0 Å². The number of esters is 1. The first kappa shape index (κ1) is 25.1. The molecule has 0 amide bonds. The highest BCUT2D eigenvalue weighted by molar-refractivity contribution is 6.30. The summed E-state index contributed by atoms with van der Waals surface area (Å²) in [6.45, 7) is 10.7. The van der Waals surface area contributed by atoms with Crippen LogP contribution in [-0.2, 0) is 20.7 Å². The van der Waals surface area contributed by atoms with Gasteiger partial charge in [0.2, 0.25) is 0 Å². The Labute approximate surface area is 216 Å². The molecule has 0 saturated heterocycles. The number of hydrogen-bond acceptors (Lipinski definition) is 3.